The second-order valence-corrected chi connectivity index (χ2v) is 18.4. The maximum Gasteiger partial charge on any atom is 0.173 e. The molecule has 0 amide bonds. The molecule has 2 rings (SSSR count). The van der Waals surface area contributed by atoms with Crippen molar-refractivity contribution in [3.63, 3.8) is 0 Å². The van der Waals surface area contributed by atoms with Gasteiger partial charge in [0.25, 0.3) is 0 Å². The molecule has 0 saturated carbocycles. The van der Waals surface area contributed by atoms with Gasteiger partial charge in [0, 0.05) is 0 Å². The van der Waals surface area contributed by atoms with Crippen LogP contribution in [-0.4, -0.2) is 42.1 Å². The molecule has 4 unspecified atom stereocenters. The number of hydrogen-bond donors (Lipinski definition) is 0. The van der Waals surface area contributed by atoms with Gasteiger partial charge in [0.15, 0.2) is 16.6 Å². The first-order valence-corrected chi connectivity index (χ1v) is 16.9. The lowest BCUT2D eigenvalue weighted by molar-refractivity contribution is 0.303. The van der Waals surface area contributed by atoms with E-state index < -0.39 is 16.6 Å². The predicted octanol–water partition coefficient (Wildman–Crippen LogP) is 5.82. The molecule has 2 aliphatic rings. The summed E-state index contributed by atoms with van der Waals surface area (Å²) in [7, 11) is -3.15. The molecule has 0 aromatic carbocycles. The average molecular weight is 387 g/mol. The Balaban J connectivity index is 1.75. The third-order valence-corrected chi connectivity index (χ3v) is 13.3. The summed E-state index contributed by atoms with van der Waals surface area (Å²) < 4.78 is 18.0. The van der Waals surface area contributed by atoms with Crippen molar-refractivity contribution in [3.05, 3.63) is 0 Å². The van der Waals surface area contributed by atoms with Crippen LogP contribution in [0, 0.1) is 11.8 Å². The van der Waals surface area contributed by atoms with E-state index in [4.69, 9.17) is 13.6 Å². The van der Waals surface area contributed by atoms with E-state index in [1.165, 1.54) is 50.6 Å². The van der Waals surface area contributed by atoms with Gasteiger partial charge in [-0.3, -0.25) is 0 Å². The van der Waals surface area contributed by atoms with E-state index in [2.05, 4.69) is 40.0 Å². The van der Waals surface area contributed by atoms with Crippen molar-refractivity contribution in [1.29, 1.82) is 0 Å². The largest absolute Gasteiger partial charge is 0.455 e. The monoisotopic (exact) mass is 386 g/mol. The van der Waals surface area contributed by atoms with Crippen LogP contribution in [0.2, 0.25) is 38.3 Å². The van der Waals surface area contributed by atoms with Gasteiger partial charge in [0.1, 0.15) is 0 Å². The van der Waals surface area contributed by atoms with E-state index in [-0.39, 0.29) is 0 Å². The molecule has 0 radical (unpaired) electrons. The molecule has 0 spiro atoms. The molecule has 2 saturated heterocycles. The van der Waals surface area contributed by atoms with E-state index in [9.17, 15) is 0 Å². The fourth-order valence-corrected chi connectivity index (χ4v) is 13.3. The van der Waals surface area contributed by atoms with E-state index in [0.717, 1.165) is 25.0 Å². The molecule has 148 valence electrons. The number of epoxide rings is 2. The highest BCUT2D eigenvalue weighted by atomic mass is 28.4. The first-order chi connectivity index (χ1) is 11.8. The SMILES string of the molecule is CCCC(CC[Si](C)(C)O[Si](C)(C)CCC(CCC)C1CO1)C1CO1. The lowest BCUT2D eigenvalue weighted by Crippen LogP contribution is -2.44. The lowest BCUT2D eigenvalue weighted by atomic mass is 9.97. The van der Waals surface area contributed by atoms with Crippen LogP contribution in [0.5, 0.6) is 0 Å². The minimum Gasteiger partial charge on any atom is -0.455 e. The van der Waals surface area contributed by atoms with Gasteiger partial charge >= 0.3 is 0 Å². The molecule has 2 heterocycles. The summed E-state index contributed by atoms with van der Waals surface area (Å²) in [6.45, 7) is 16.3. The second kappa shape index (κ2) is 9.49. The van der Waals surface area contributed by atoms with Crippen molar-refractivity contribution < 1.29 is 13.6 Å². The Morgan fingerprint density at radius 1 is 0.760 bits per heavy atom. The zero-order valence-corrected chi connectivity index (χ0v) is 19.6. The smallest absolute Gasteiger partial charge is 0.173 e. The maximum absolute atomic E-state index is 6.88. The zero-order valence-electron chi connectivity index (χ0n) is 17.6. The van der Waals surface area contributed by atoms with E-state index in [0.29, 0.717) is 12.2 Å². The van der Waals surface area contributed by atoms with Crippen LogP contribution in [0.3, 0.4) is 0 Å². The first kappa shape index (κ1) is 21.6. The van der Waals surface area contributed by atoms with Crippen LogP contribution in [0.15, 0.2) is 0 Å². The summed E-state index contributed by atoms with van der Waals surface area (Å²) in [5.74, 6) is 1.54. The number of hydrogen-bond acceptors (Lipinski definition) is 3. The Labute approximate surface area is 158 Å². The van der Waals surface area contributed by atoms with Crippen LogP contribution in [0.25, 0.3) is 0 Å². The summed E-state index contributed by atoms with van der Waals surface area (Å²) in [6, 6.07) is 2.58. The molecule has 2 fully saturated rings. The number of ether oxygens (including phenoxy) is 2. The van der Waals surface area contributed by atoms with Crippen LogP contribution < -0.4 is 0 Å². The molecule has 5 heteroatoms. The first-order valence-electron chi connectivity index (χ1n) is 10.7. The molecule has 0 aromatic rings. The minimum atomic E-state index is -1.58. The van der Waals surface area contributed by atoms with E-state index in [1.807, 2.05) is 0 Å². The molecule has 0 N–H and O–H groups in total. The van der Waals surface area contributed by atoms with Crippen molar-refractivity contribution >= 4 is 16.6 Å². The van der Waals surface area contributed by atoms with Gasteiger partial charge in [0.05, 0.1) is 25.4 Å². The van der Waals surface area contributed by atoms with Crippen molar-refractivity contribution in [2.75, 3.05) is 13.2 Å². The highest BCUT2D eigenvalue weighted by Crippen LogP contribution is 2.34. The van der Waals surface area contributed by atoms with Crippen LogP contribution in [0.1, 0.15) is 52.4 Å². The van der Waals surface area contributed by atoms with Crippen LogP contribution in [-0.2, 0) is 13.6 Å². The summed E-state index contributed by atoms with van der Waals surface area (Å²) in [6.07, 6.45) is 8.90. The fraction of sp³-hybridized carbons (Fsp3) is 1.00. The van der Waals surface area contributed by atoms with E-state index >= 15 is 0 Å². The van der Waals surface area contributed by atoms with Gasteiger partial charge in [-0.2, -0.15) is 0 Å². The predicted molar refractivity (Wildman–Crippen MR) is 111 cm³/mol. The van der Waals surface area contributed by atoms with Gasteiger partial charge in [-0.15, -0.1) is 0 Å². The van der Waals surface area contributed by atoms with Gasteiger partial charge in [-0.25, -0.2) is 0 Å². The van der Waals surface area contributed by atoms with Crippen LogP contribution >= 0.6 is 0 Å². The summed E-state index contributed by atoms with van der Waals surface area (Å²) in [5, 5.41) is 0. The Morgan fingerprint density at radius 2 is 1.12 bits per heavy atom. The van der Waals surface area contributed by atoms with Gasteiger partial charge in [0.2, 0.25) is 0 Å². The van der Waals surface area contributed by atoms with Gasteiger partial charge in [-0.1, -0.05) is 26.7 Å². The average Bonchev–Trinajstić information content (AvgIpc) is 3.37. The van der Waals surface area contributed by atoms with Crippen LogP contribution in [0.4, 0.5) is 0 Å². The zero-order chi connectivity index (χ0) is 18.5. The van der Waals surface area contributed by atoms with Crippen molar-refractivity contribution in [2.24, 2.45) is 11.8 Å². The van der Waals surface area contributed by atoms with Gasteiger partial charge in [-0.05, 0) is 75.8 Å². The summed E-state index contributed by atoms with van der Waals surface area (Å²) in [4.78, 5) is 0. The van der Waals surface area contributed by atoms with Gasteiger partial charge < -0.3 is 13.6 Å². The summed E-state index contributed by atoms with van der Waals surface area (Å²) >= 11 is 0. The Hall–Kier alpha value is 0.314. The lowest BCUT2D eigenvalue weighted by Gasteiger charge is -2.35. The Kier molecular flexibility index (Phi) is 8.21. The van der Waals surface area contributed by atoms with Crippen molar-refractivity contribution in [2.45, 2.75) is 103 Å². The molecule has 0 aromatic heterocycles. The molecular weight excluding hydrogens is 344 g/mol. The standard InChI is InChI=1S/C20H42O3Si2/c1-7-9-17(19-15-21-19)11-13-24(3,4)23-25(5,6)14-12-18(10-8-2)20-16-22-20/h17-20H,7-16H2,1-6H3. The quantitative estimate of drug-likeness (QED) is 0.278. The Bertz CT molecular complexity index is 356. The highest BCUT2D eigenvalue weighted by Gasteiger charge is 2.38. The normalized spacial score (nSPS) is 25.7. The minimum absolute atomic E-state index is 0.559. The topological polar surface area (TPSA) is 34.3 Å². The van der Waals surface area contributed by atoms with Crippen molar-refractivity contribution in [3.8, 4) is 0 Å². The molecular formula is C20H42O3Si2. The van der Waals surface area contributed by atoms with E-state index in [1.54, 1.807) is 0 Å². The van der Waals surface area contributed by atoms with Crippen molar-refractivity contribution in [1.82, 2.24) is 0 Å². The molecule has 0 aliphatic carbocycles. The molecule has 0 bridgehead atoms. The Morgan fingerprint density at radius 3 is 1.40 bits per heavy atom. The molecule has 4 atom stereocenters. The number of rotatable bonds is 14. The fourth-order valence-electron chi connectivity index (χ4n) is 4.35. The molecule has 2 aliphatic heterocycles. The molecule has 25 heavy (non-hydrogen) atoms. The maximum atomic E-state index is 6.88. The second-order valence-electron chi connectivity index (χ2n) is 9.54. The third-order valence-electron chi connectivity index (χ3n) is 5.88. The molecule has 3 nitrogen and oxygen atoms in total. The summed E-state index contributed by atoms with van der Waals surface area (Å²) in [5.41, 5.74) is 0. The third kappa shape index (κ3) is 8.25. The highest BCUT2D eigenvalue weighted by molar-refractivity contribution is 6.84.